The summed E-state index contributed by atoms with van der Waals surface area (Å²) in [6.07, 6.45) is 1.91. The first-order valence-corrected chi connectivity index (χ1v) is 6.55. The molecule has 6 heteroatoms. The summed E-state index contributed by atoms with van der Waals surface area (Å²) in [7, 11) is 0. The van der Waals surface area contributed by atoms with Crippen LogP contribution < -0.4 is 11.1 Å². The highest BCUT2D eigenvalue weighted by atomic mass is 32.1. The number of carbonyl (C=O) groups is 1. The molecule has 1 amide bonds. The molecule has 0 spiro atoms. The summed E-state index contributed by atoms with van der Waals surface area (Å²) >= 11 is 1.40. The first-order chi connectivity index (χ1) is 7.84. The minimum atomic E-state index is -0.555. The lowest BCUT2D eigenvalue weighted by atomic mass is 9.87. The zero-order chi connectivity index (χ0) is 13.1. The average Bonchev–Trinajstić information content (AvgIpc) is 2.63. The number of hydrogen-bond acceptors (Lipinski definition) is 5. The van der Waals surface area contributed by atoms with Gasteiger partial charge in [0.25, 0.3) is 0 Å². The fraction of sp³-hybridized carbons (Fsp3) is 0.727. The van der Waals surface area contributed by atoms with Crippen molar-refractivity contribution in [2.45, 2.75) is 46.6 Å². The molecule has 17 heavy (non-hydrogen) atoms. The summed E-state index contributed by atoms with van der Waals surface area (Å²) in [5.74, 6) is -0.211. The van der Waals surface area contributed by atoms with Gasteiger partial charge in [-0.05, 0) is 11.8 Å². The Labute approximate surface area is 106 Å². The predicted octanol–water partition coefficient (Wildman–Crippen LogP) is 1.80. The maximum atomic E-state index is 11.8. The molecule has 0 fully saturated rings. The Bertz CT molecular complexity index is 383. The zero-order valence-corrected chi connectivity index (χ0v) is 11.6. The summed E-state index contributed by atoms with van der Waals surface area (Å²) in [6, 6.07) is -0.555. The Kier molecular flexibility index (Phi) is 4.59. The van der Waals surface area contributed by atoms with Gasteiger partial charge in [0.05, 0.1) is 6.04 Å². The maximum absolute atomic E-state index is 11.8. The van der Waals surface area contributed by atoms with Crippen molar-refractivity contribution in [2.75, 3.05) is 5.32 Å². The fourth-order valence-electron chi connectivity index (χ4n) is 1.20. The van der Waals surface area contributed by atoms with Crippen LogP contribution >= 0.6 is 11.3 Å². The van der Waals surface area contributed by atoms with E-state index >= 15 is 0 Å². The van der Waals surface area contributed by atoms with Crippen molar-refractivity contribution in [3.05, 3.63) is 5.01 Å². The quantitative estimate of drug-likeness (QED) is 0.860. The number of nitrogens with two attached hydrogens (primary N) is 1. The molecular formula is C11H20N4OS. The van der Waals surface area contributed by atoms with E-state index < -0.39 is 6.04 Å². The topological polar surface area (TPSA) is 80.9 Å². The van der Waals surface area contributed by atoms with Gasteiger partial charge in [0.1, 0.15) is 5.01 Å². The number of nitrogens with zero attached hydrogens (tertiary/aromatic N) is 2. The van der Waals surface area contributed by atoms with Gasteiger partial charge in [-0.3, -0.25) is 10.1 Å². The second kappa shape index (κ2) is 5.55. The molecule has 0 aliphatic heterocycles. The summed E-state index contributed by atoms with van der Waals surface area (Å²) in [4.78, 5) is 11.8. The van der Waals surface area contributed by atoms with Crippen molar-refractivity contribution < 1.29 is 4.79 Å². The Morgan fingerprint density at radius 2 is 2.12 bits per heavy atom. The standard InChI is InChI=1S/C11H20N4OS/c1-5-6-7-14-15-10(17-7)13-9(16)8(12)11(2,3)4/h8H,5-6,12H2,1-4H3,(H,13,15,16)/t8-/m1/s1. The number of rotatable bonds is 4. The van der Waals surface area contributed by atoms with Crippen molar-refractivity contribution in [3.8, 4) is 0 Å². The van der Waals surface area contributed by atoms with E-state index in [2.05, 4.69) is 22.4 Å². The molecule has 0 unspecified atom stereocenters. The Hall–Kier alpha value is -1.01. The van der Waals surface area contributed by atoms with Gasteiger partial charge in [0.15, 0.2) is 0 Å². The number of anilines is 1. The normalized spacial score (nSPS) is 13.5. The van der Waals surface area contributed by atoms with E-state index in [1.54, 1.807) is 0 Å². The third-order valence-corrected chi connectivity index (χ3v) is 3.27. The van der Waals surface area contributed by atoms with Gasteiger partial charge < -0.3 is 5.73 Å². The molecule has 0 saturated heterocycles. The van der Waals surface area contributed by atoms with Gasteiger partial charge in [0, 0.05) is 6.42 Å². The van der Waals surface area contributed by atoms with Crippen molar-refractivity contribution in [1.82, 2.24) is 10.2 Å². The van der Waals surface area contributed by atoms with E-state index in [0.717, 1.165) is 17.8 Å². The fourth-order valence-corrected chi connectivity index (χ4v) is 2.04. The Morgan fingerprint density at radius 1 is 1.47 bits per heavy atom. The third kappa shape index (κ3) is 4.05. The van der Waals surface area contributed by atoms with Crippen molar-refractivity contribution >= 4 is 22.4 Å². The Morgan fingerprint density at radius 3 is 2.65 bits per heavy atom. The molecule has 0 aliphatic carbocycles. The van der Waals surface area contributed by atoms with E-state index in [4.69, 9.17) is 5.73 Å². The van der Waals surface area contributed by atoms with Crippen LogP contribution in [0.2, 0.25) is 0 Å². The lowest BCUT2D eigenvalue weighted by molar-refractivity contribution is -0.119. The number of carbonyl (C=O) groups excluding carboxylic acids is 1. The molecule has 0 bridgehead atoms. The van der Waals surface area contributed by atoms with Gasteiger partial charge in [-0.2, -0.15) is 0 Å². The van der Waals surface area contributed by atoms with Crippen LogP contribution in [-0.2, 0) is 11.2 Å². The van der Waals surface area contributed by atoms with Crippen molar-refractivity contribution in [1.29, 1.82) is 0 Å². The average molecular weight is 256 g/mol. The first kappa shape index (κ1) is 14.1. The first-order valence-electron chi connectivity index (χ1n) is 5.73. The SMILES string of the molecule is CCCc1nnc(NC(=O)[C@@H](N)C(C)(C)C)s1. The van der Waals surface area contributed by atoms with Gasteiger partial charge >= 0.3 is 0 Å². The molecular weight excluding hydrogens is 236 g/mol. The van der Waals surface area contributed by atoms with E-state index in [1.807, 2.05) is 20.8 Å². The summed E-state index contributed by atoms with van der Waals surface area (Å²) < 4.78 is 0. The van der Waals surface area contributed by atoms with Crippen molar-refractivity contribution in [3.63, 3.8) is 0 Å². The molecule has 5 nitrogen and oxygen atoms in total. The van der Waals surface area contributed by atoms with E-state index in [0.29, 0.717) is 5.13 Å². The predicted molar refractivity (Wildman–Crippen MR) is 70.0 cm³/mol. The highest BCUT2D eigenvalue weighted by Gasteiger charge is 2.28. The van der Waals surface area contributed by atoms with E-state index in [9.17, 15) is 4.79 Å². The second-order valence-electron chi connectivity index (χ2n) is 5.08. The highest BCUT2D eigenvalue weighted by molar-refractivity contribution is 7.15. The molecule has 96 valence electrons. The van der Waals surface area contributed by atoms with Gasteiger partial charge in [-0.15, -0.1) is 10.2 Å². The minimum Gasteiger partial charge on any atom is -0.319 e. The molecule has 1 atom stereocenters. The molecule has 1 rings (SSSR count). The molecule has 1 aromatic heterocycles. The largest absolute Gasteiger partial charge is 0.319 e. The van der Waals surface area contributed by atoms with Crippen molar-refractivity contribution in [2.24, 2.45) is 11.1 Å². The van der Waals surface area contributed by atoms with Crippen LogP contribution in [0.15, 0.2) is 0 Å². The Balaban J connectivity index is 2.61. The maximum Gasteiger partial charge on any atom is 0.243 e. The van der Waals surface area contributed by atoms with Crippen LogP contribution in [0.4, 0.5) is 5.13 Å². The highest BCUT2D eigenvalue weighted by Crippen LogP contribution is 2.21. The molecule has 0 aromatic carbocycles. The summed E-state index contributed by atoms with van der Waals surface area (Å²) in [5.41, 5.74) is 5.59. The monoisotopic (exact) mass is 256 g/mol. The minimum absolute atomic E-state index is 0.211. The zero-order valence-electron chi connectivity index (χ0n) is 10.8. The smallest absolute Gasteiger partial charge is 0.243 e. The van der Waals surface area contributed by atoms with Gasteiger partial charge in [-0.25, -0.2) is 0 Å². The summed E-state index contributed by atoms with van der Waals surface area (Å²) in [5, 5.41) is 12.1. The number of amides is 1. The van der Waals surface area contributed by atoms with Crippen LogP contribution in [-0.4, -0.2) is 22.1 Å². The van der Waals surface area contributed by atoms with E-state index in [1.165, 1.54) is 11.3 Å². The van der Waals surface area contributed by atoms with Crippen LogP contribution in [0.25, 0.3) is 0 Å². The number of nitrogens with one attached hydrogen (secondary N) is 1. The number of aromatic nitrogens is 2. The molecule has 0 aliphatic rings. The van der Waals surface area contributed by atoms with Gasteiger partial charge in [-0.1, -0.05) is 39.0 Å². The van der Waals surface area contributed by atoms with Crippen LogP contribution in [0.3, 0.4) is 0 Å². The second-order valence-corrected chi connectivity index (χ2v) is 6.15. The van der Waals surface area contributed by atoms with Crippen LogP contribution in [0, 0.1) is 5.41 Å². The molecule has 3 N–H and O–H groups in total. The lowest BCUT2D eigenvalue weighted by Gasteiger charge is -2.25. The lowest BCUT2D eigenvalue weighted by Crippen LogP contribution is -2.45. The van der Waals surface area contributed by atoms with Gasteiger partial charge in [0.2, 0.25) is 11.0 Å². The number of aryl methyl sites for hydroxylation is 1. The molecule has 0 radical (unpaired) electrons. The molecule has 1 heterocycles. The molecule has 0 saturated carbocycles. The van der Waals surface area contributed by atoms with Crippen LogP contribution in [0.1, 0.15) is 39.1 Å². The summed E-state index contributed by atoms with van der Waals surface area (Å²) in [6.45, 7) is 7.87. The molecule has 1 aromatic rings. The third-order valence-electron chi connectivity index (χ3n) is 2.38. The van der Waals surface area contributed by atoms with Crippen LogP contribution in [0.5, 0.6) is 0 Å². The van der Waals surface area contributed by atoms with E-state index in [-0.39, 0.29) is 11.3 Å². The number of hydrogen-bond donors (Lipinski definition) is 2.